The topological polar surface area (TPSA) is 50.6 Å². The van der Waals surface area contributed by atoms with Crippen molar-refractivity contribution in [2.75, 3.05) is 12.1 Å². The van der Waals surface area contributed by atoms with Crippen LogP contribution in [0.2, 0.25) is 5.02 Å². The highest BCUT2D eigenvalue weighted by atomic mass is 35.5. The van der Waals surface area contributed by atoms with Crippen LogP contribution in [0.15, 0.2) is 102 Å². The van der Waals surface area contributed by atoms with Crippen LogP contribution in [0.25, 0.3) is 22.2 Å². The van der Waals surface area contributed by atoms with E-state index in [2.05, 4.69) is 49.4 Å². The largest absolute Gasteiger partial charge is 0.497 e. The lowest BCUT2D eigenvalue weighted by Crippen LogP contribution is -2.22. The summed E-state index contributed by atoms with van der Waals surface area (Å²) in [7, 11) is 1.68. The first-order valence-electron chi connectivity index (χ1n) is 12.2. The van der Waals surface area contributed by atoms with Crippen molar-refractivity contribution in [1.82, 2.24) is 9.97 Å². The molecule has 1 aliphatic heterocycles. The zero-order valence-corrected chi connectivity index (χ0v) is 21.4. The zero-order valence-electron chi connectivity index (χ0n) is 20.6. The van der Waals surface area contributed by atoms with Gasteiger partial charge in [-0.15, -0.1) is 0 Å². The van der Waals surface area contributed by atoms with E-state index in [1.807, 2.05) is 59.6 Å². The van der Waals surface area contributed by atoms with Gasteiger partial charge in [0.15, 0.2) is 0 Å². The first-order valence-corrected chi connectivity index (χ1v) is 12.6. The maximum Gasteiger partial charge on any atom is 0.247 e. The molecule has 4 aromatic carbocycles. The molecular weight excluding hydrogens is 480 g/mol. The number of methoxy groups -OCH3 is 1. The smallest absolute Gasteiger partial charge is 0.247 e. The van der Waals surface area contributed by atoms with E-state index in [1.54, 1.807) is 7.11 Å². The van der Waals surface area contributed by atoms with Crippen molar-refractivity contribution in [1.29, 1.82) is 0 Å². The second kappa shape index (κ2) is 9.68. The molecule has 0 spiro atoms. The first-order chi connectivity index (χ1) is 18.1. The number of ether oxygens (including phenoxy) is 1. The summed E-state index contributed by atoms with van der Waals surface area (Å²) in [6.07, 6.45) is 0.723. The van der Waals surface area contributed by atoms with Gasteiger partial charge in [-0.1, -0.05) is 78.3 Å². The van der Waals surface area contributed by atoms with E-state index >= 15 is 0 Å². The second-order valence-corrected chi connectivity index (χ2v) is 9.54. The quantitative estimate of drug-likeness (QED) is 0.247. The van der Waals surface area contributed by atoms with E-state index in [0.717, 1.165) is 45.6 Å². The lowest BCUT2D eigenvalue weighted by atomic mass is 9.95. The number of rotatable bonds is 5. The second-order valence-electron chi connectivity index (χ2n) is 9.10. The number of fused-ring (bicyclic) bond motifs is 1. The van der Waals surface area contributed by atoms with E-state index in [4.69, 9.17) is 31.4 Å². The minimum Gasteiger partial charge on any atom is -0.497 e. The number of halogens is 1. The lowest BCUT2D eigenvalue weighted by molar-refractivity contribution is 0.414. The summed E-state index contributed by atoms with van der Waals surface area (Å²) < 4.78 is 5.47. The number of hydrogen-bond donors (Lipinski definition) is 0. The van der Waals surface area contributed by atoms with Gasteiger partial charge >= 0.3 is 0 Å². The van der Waals surface area contributed by atoms with Gasteiger partial charge in [-0.05, 0) is 48.4 Å². The fraction of sp³-hybridized carbons (Fsp3) is 0.129. The Morgan fingerprint density at radius 2 is 1.62 bits per heavy atom. The molecule has 0 radical (unpaired) electrons. The number of anilines is 1. The van der Waals surface area contributed by atoms with Crippen LogP contribution < -0.4 is 9.75 Å². The fourth-order valence-electron chi connectivity index (χ4n) is 4.88. The van der Waals surface area contributed by atoms with Gasteiger partial charge < -0.3 is 4.74 Å². The molecule has 1 aromatic heterocycles. The molecule has 37 heavy (non-hydrogen) atoms. The molecule has 1 unspecified atom stereocenters. The monoisotopic (exact) mass is 504 g/mol. The van der Waals surface area contributed by atoms with Crippen LogP contribution in [0.4, 0.5) is 5.95 Å². The van der Waals surface area contributed by atoms with E-state index in [0.29, 0.717) is 11.0 Å². The van der Waals surface area contributed by atoms with Crippen molar-refractivity contribution in [3.8, 4) is 17.0 Å². The molecule has 0 saturated heterocycles. The van der Waals surface area contributed by atoms with E-state index < -0.39 is 0 Å². The summed E-state index contributed by atoms with van der Waals surface area (Å²) in [6, 6.07) is 32.3. The molecule has 182 valence electrons. The third kappa shape index (κ3) is 4.43. The highest BCUT2D eigenvalue weighted by Crippen LogP contribution is 2.39. The molecule has 0 N–H and O–H groups in total. The van der Waals surface area contributed by atoms with Crippen molar-refractivity contribution in [3.05, 3.63) is 119 Å². The van der Waals surface area contributed by atoms with Crippen molar-refractivity contribution >= 4 is 34.2 Å². The van der Waals surface area contributed by atoms with Gasteiger partial charge in [0.2, 0.25) is 5.95 Å². The Morgan fingerprint density at radius 3 is 2.43 bits per heavy atom. The maximum absolute atomic E-state index is 6.38. The summed E-state index contributed by atoms with van der Waals surface area (Å²) in [5.41, 5.74) is 7.05. The molecule has 0 amide bonds. The Balaban J connectivity index is 1.55. The zero-order chi connectivity index (χ0) is 25.4. The van der Waals surface area contributed by atoms with Crippen LogP contribution in [-0.2, 0) is 0 Å². The summed E-state index contributed by atoms with van der Waals surface area (Å²) in [5, 5.41) is 8.63. The standard InChI is InChI=1S/C31H25ClN4O/c1-20-9-6-7-14-25(20)29-19-28(22-12-8-13-24(17-22)37-2)35-36(29)31-33-27-16-15-23(32)18-26(27)30(34-31)21-10-4-3-5-11-21/h3-18,29H,19H2,1-2H3. The van der Waals surface area contributed by atoms with Gasteiger partial charge in [0, 0.05) is 28.0 Å². The van der Waals surface area contributed by atoms with E-state index in [9.17, 15) is 0 Å². The van der Waals surface area contributed by atoms with Crippen LogP contribution >= 0.6 is 11.6 Å². The van der Waals surface area contributed by atoms with Crippen molar-refractivity contribution in [2.45, 2.75) is 19.4 Å². The van der Waals surface area contributed by atoms with Crippen molar-refractivity contribution < 1.29 is 4.74 Å². The molecule has 0 fully saturated rings. The summed E-state index contributed by atoms with van der Waals surface area (Å²) in [4.78, 5) is 10.1. The molecule has 6 heteroatoms. The van der Waals surface area contributed by atoms with Crippen molar-refractivity contribution in [3.63, 3.8) is 0 Å². The van der Waals surface area contributed by atoms with Crippen molar-refractivity contribution in [2.24, 2.45) is 5.10 Å². The fourth-order valence-corrected chi connectivity index (χ4v) is 5.05. The van der Waals surface area contributed by atoms with Gasteiger partial charge in [0.1, 0.15) is 5.75 Å². The third-order valence-electron chi connectivity index (χ3n) is 6.76. The normalized spacial score (nSPS) is 15.2. The van der Waals surface area contributed by atoms with E-state index in [-0.39, 0.29) is 6.04 Å². The molecule has 0 saturated carbocycles. The average molecular weight is 505 g/mol. The van der Waals surface area contributed by atoms with Crippen LogP contribution in [-0.4, -0.2) is 22.8 Å². The molecule has 0 bridgehead atoms. The Bertz CT molecular complexity index is 1630. The van der Waals surface area contributed by atoms with Gasteiger partial charge in [-0.3, -0.25) is 0 Å². The Morgan fingerprint density at radius 1 is 0.838 bits per heavy atom. The number of aromatic nitrogens is 2. The summed E-state index contributed by atoms with van der Waals surface area (Å²) in [6.45, 7) is 2.13. The lowest BCUT2D eigenvalue weighted by Gasteiger charge is -2.24. The molecule has 5 aromatic rings. The first kappa shape index (κ1) is 23.2. The Hall–Kier alpha value is -4.22. The SMILES string of the molecule is COc1cccc(C2=NN(c3nc(-c4ccccc4)c4cc(Cl)ccc4n3)C(c3ccccc3C)C2)c1. The van der Waals surface area contributed by atoms with Gasteiger partial charge in [-0.25, -0.2) is 15.0 Å². The van der Waals surface area contributed by atoms with Crippen LogP contribution in [0.3, 0.4) is 0 Å². The molecule has 1 aliphatic rings. The number of benzene rings is 4. The molecular formula is C31H25ClN4O. The Labute approximate surface area is 221 Å². The summed E-state index contributed by atoms with van der Waals surface area (Å²) in [5.74, 6) is 1.36. The van der Waals surface area contributed by atoms with Crippen LogP contribution in [0.1, 0.15) is 29.2 Å². The summed E-state index contributed by atoms with van der Waals surface area (Å²) >= 11 is 6.38. The molecule has 1 atom stereocenters. The minimum atomic E-state index is -0.0456. The number of hydrazone groups is 1. The minimum absolute atomic E-state index is 0.0456. The Kier molecular flexibility index (Phi) is 6.07. The number of aryl methyl sites for hydroxylation is 1. The predicted molar refractivity (Wildman–Crippen MR) is 151 cm³/mol. The van der Waals surface area contributed by atoms with Gasteiger partial charge in [0.05, 0.1) is 30.1 Å². The molecule has 0 aliphatic carbocycles. The van der Waals surface area contributed by atoms with E-state index in [1.165, 1.54) is 11.1 Å². The average Bonchev–Trinajstić information content (AvgIpc) is 3.38. The maximum atomic E-state index is 6.38. The number of nitrogens with zero attached hydrogens (tertiary/aromatic N) is 4. The highest BCUT2D eigenvalue weighted by molar-refractivity contribution is 6.31. The molecule has 2 heterocycles. The third-order valence-corrected chi connectivity index (χ3v) is 6.99. The van der Waals surface area contributed by atoms with Crippen LogP contribution in [0.5, 0.6) is 5.75 Å². The molecule has 5 nitrogen and oxygen atoms in total. The van der Waals surface area contributed by atoms with Gasteiger partial charge in [-0.2, -0.15) is 5.10 Å². The predicted octanol–water partition coefficient (Wildman–Crippen LogP) is 7.62. The number of hydrogen-bond acceptors (Lipinski definition) is 5. The highest BCUT2D eigenvalue weighted by Gasteiger charge is 2.33. The van der Waals surface area contributed by atoms with Crippen LogP contribution in [0, 0.1) is 6.92 Å². The van der Waals surface area contributed by atoms with Gasteiger partial charge in [0.25, 0.3) is 0 Å². The molecule has 6 rings (SSSR count).